The van der Waals surface area contributed by atoms with Gasteiger partial charge in [0, 0.05) is 21.7 Å². The first-order valence-corrected chi connectivity index (χ1v) is 8.17. The van der Waals surface area contributed by atoms with Gasteiger partial charge in [-0.2, -0.15) is 13.2 Å². The molecule has 0 saturated carbocycles. The lowest BCUT2D eigenvalue weighted by Gasteiger charge is -2.24. The van der Waals surface area contributed by atoms with Crippen LogP contribution in [0.2, 0.25) is 15.1 Å². The van der Waals surface area contributed by atoms with Crippen LogP contribution < -0.4 is 9.47 Å². The Morgan fingerprint density at radius 3 is 2.24 bits per heavy atom. The van der Waals surface area contributed by atoms with E-state index in [1.54, 1.807) is 6.92 Å². The van der Waals surface area contributed by atoms with Crippen LogP contribution >= 0.6 is 34.8 Å². The Morgan fingerprint density at radius 2 is 1.64 bits per heavy atom. The molecule has 0 aromatic heterocycles. The minimum absolute atomic E-state index is 0.0218. The van der Waals surface area contributed by atoms with Gasteiger partial charge in [0.25, 0.3) is 0 Å². The largest absolute Gasteiger partial charge is 0.476 e. The summed E-state index contributed by atoms with van der Waals surface area (Å²) in [5, 5.41) is 1.01. The lowest BCUT2D eigenvalue weighted by Crippen LogP contribution is -2.33. The molecule has 2 aromatic carbocycles. The lowest BCUT2D eigenvalue weighted by molar-refractivity contribution is -0.180. The molecule has 2 nitrogen and oxygen atoms in total. The van der Waals surface area contributed by atoms with Crippen LogP contribution in [0, 0.1) is 6.92 Å². The van der Waals surface area contributed by atoms with Crippen molar-refractivity contribution in [1.82, 2.24) is 0 Å². The quantitative estimate of drug-likeness (QED) is 0.527. The van der Waals surface area contributed by atoms with Crippen LogP contribution in [0.15, 0.2) is 30.3 Å². The fourth-order valence-corrected chi connectivity index (χ4v) is 2.89. The van der Waals surface area contributed by atoms with Crippen LogP contribution in [-0.2, 0) is 0 Å². The van der Waals surface area contributed by atoms with Gasteiger partial charge in [-0.3, -0.25) is 0 Å². The number of hydrogen-bond acceptors (Lipinski definition) is 2. The van der Waals surface area contributed by atoms with Crippen molar-refractivity contribution < 1.29 is 22.6 Å². The Hall–Kier alpha value is -1.56. The number of hydrogen-bond donors (Lipinski definition) is 0. The maximum atomic E-state index is 12.8. The summed E-state index contributed by atoms with van der Waals surface area (Å²) in [5.41, 5.74) is 1.12. The third-order valence-corrected chi connectivity index (χ3v) is 4.65. The summed E-state index contributed by atoms with van der Waals surface area (Å²) in [6, 6.07) is 5.85. The Morgan fingerprint density at radius 1 is 1.00 bits per heavy atom. The third-order valence-electron chi connectivity index (χ3n) is 3.57. The molecule has 0 fully saturated rings. The monoisotopic (exact) mass is 408 g/mol. The smallest absolute Gasteiger partial charge is 0.429 e. The van der Waals surface area contributed by atoms with Crippen LogP contribution in [0.3, 0.4) is 0 Å². The predicted molar refractivity (Wildman–Crippen MR) is 92.2 cm³/mol. The standard InChI is InChI=1S/C17H10Cl3F3O2/c1-8-11(18)5-10(6-12(8)19)24-15-7-14-9(4-13(15)20)2-3-16(25-14)17(21,22)23/h2-7,16H,1H3/t16-/m1/s1. The number of halogens is 6. The van der Waals surface area contributed by atoms with Gasteiger partial charge in [-0.05, 0) is 36.8 Å². The molecule has 0 saturated heterocycles. The molecule has 3 rings (SSSR count). The van der Waals surface area contributed by atoms with Crippen molar-refractivity contribution in [3.8, 4) is 17.2 Å². The highest BCUT2D eigenvalue weighted by atomic mass is 35.5. The van der Waals surface area contributed by atoms with Gasteiger partial charge in [0.05, 0.1) is 5.02 Å². The summed E-state index contributed by atoms with van der Waals surface area (Å²) >= 11 is 18.3. The molecule has 1 heterocycles. The number of ether oxygens (including phenoxy) is 2. The molecule has 25 heavy (non-hydrogen) atoms. The van der Waals surface area contributed by atoms with E-state index in [1.165, 1.54) is 30.3 Å². The van der Waals surface area contributed by atoms with Gasteiger partial charge in [0.1, 0.15) is 17.2 Å². The molecule has 0 aliphatic carbocycles. The normalized spacial score (nSPS) is 16.4. The fraction of sp³-hybridized carbons (Fsp3) is 0.176. The molecule has 1 aliphatic rings. The number of benzene rings is 2. The van der Waals surface area contributed by atoms with Gasteiger partial charge in [-0.15, -0.1) is 0 Å². The minimum Gasteiger partial charge on any atom is -0.476 e. The number of fused-ring (bicyclic) bond motifs is 1. The van der Waals surface area contributed by atoms with Gasteiger partial charge < -0.3 is 9.47 Å². The predicted octanol–water partition coefficient (Wildman–Crippen LogP) is 7.08. The molecule has 0 amide bonds. The zero-order valence-electron chi connectivity index (χ0n) is 12.6. The summed E-state index contributed by atoms with van der Waals surface area (Å²) in [7, 11) is 0. The average molecular weight is 410 g/mol. The first-order valence-electron chi connectivity index (χ1n) is 7.04. The van der Waals surface area contributed by atoms with Crippen molar-refractivity contribution in [2.24, 2.45) is 0 Å². The van der Waals surface area contributed by atoms with Crippen LogP contribution in [0.1, 0.15) is 11.1 Å². The summed E-state index contributed by atoms with van der Waals surface area (Å²) in [5.74, 6) is 0.460. The fourth-order valence-electron chi connectivity index (χ4n) is 2.21. The van der Waals surface area contributed by atoms with E-state index in [0.717, 1.165) is 6.08 Å². The maximum absolute atomic E-state index is 12.8. The molecule has 1 atom stereocenters. The molecule has 1 aliphatic heterocycles. The van der Waals surface area contributed by atoms with Crippen molar-refractivity contribution in [1.29, 1.82) is 0 Å². The van der Waals surface area contributed by atoms with E-state index in [-0.39, 0.29) is 16.5 Å². The minimum atomic E-state index is -4.51. The number of rotatable bonds is 2. The van der Waals surface area contributed by atoms with Crippen LogP contribution in [-0.4, -0.2) is 12.3 Å². The highest BCUT2D eigenvalue weighted by Gasteiger charge is 2.41. The van der Waals surface area contributed by atoms with Crippen molar-refractivity contribution in [3.63, 3.8) is 0 Å². The molecule has 0 spiro atoms. The van der Waals surface area contributed by atoms with Crippen LogP contribution in [0.5, 0.6) is 17.2 Å². The molecular formula is C17H10Cl3F3O2. The molecule has 2 aromatic rings. The Bertz CT molecular complexity index is 840. The second-order valence-corrected chi connectivity index (χ2v) is 6.60. The van der Waals surface area contributed by atoms with Crippen molar-refractivity contribution in [3.05, 3.63) is 56.5 Å². The van der Waals surface area contributed by atoms with E-state index in [9.17, 15) is 13.2 Å². The highest BCUT2D eigenvalue weighted by Crippen LogP contribution is 2.41. The molecule has 0 bridgehead atoms. The first kappa shape index (κ1) is 18.2. The first-order chi connectivity index (χ1) is 11.6. The third kappa shape index (κ3) is 3.84. The molecule has 8 heteroatoms. The van der Waals surface area contributed by atoms with Gasteiger partial charge in [-0.1, -0.05) is 40.9 Å². The Labute approximate surface area is 156 Å². The molecule has 0 N–H and O–H groups in total. The molecule has 0 radical (unpaired) electrons. The summed E-state index contributed by atoms with van der Waals surface area (Å²) in [4.78, 5) is 0. The second-order valence-electron chi connectivity index (χ2n) is 5.37. The van der Waals surface area contributed by atoms with Gasteiger partial charge in [0.15, 0.2) is 0 Å². The highest BCUT2D eigenvalue weighted by molar-refractivity contribution is 6.36. The summed E-state index contributed by atoms with van der Waals surface area (Å²) < 4.78 is 49.1. The SMILES string of the molecule is Cc1c(Cl)cc(Oc2cc3c(cc2Cl)C=C[C@H](C(F)(F)F)O3)cc1Cl. The topological polar surface area (TPSA) is 18.5 Å². The summed E-state index contributed by atoms with van der Waals surface area (Å²) in [6.07, 6.45) is -4.28. The van der Waals surface area contributed by atoms with Gasteiger partial charge in [0.2, 0.25) is 6.10 Å². The second kappa shape index (κ2) is 6.63. The number of alkyl halides is 3. The maximum Gasteiger partial charge on any atom is 0.429 e. The zero-order valence-corrected chi connectivity index (χ0v) is 14.9. The Balaban J connectivity index is 1.93. The van der Waals surface area contributed by atoms with Crippen molar-refractivity contribution in [2.75, 3.05) is 0 Å². The van der Waals surface area contributed by atoms with Crippen LogP contribution in [0.4, 0.5) is 13.2 Å². The van der Waals surface area contributed by atoms with Crippen molar-refractivity contribution >= 4 is 40.9 Å². The van der Waals surface area contributed by atoms with E-state index in [1.807, 2.05) is 0 Å². The lowest BCUT2D eigenvalue weighted by atomic mass is 10.1. The summed E-state index contributed by atoms with van der Waals surface area (Å²) in [6.45, 7) is 1.75. The van der Waals surface area contributed by atoms with Gasteiger partial charge >= 0.3 is 6.18 Å². The molecular weight excluding hydrogens is 400 g/mol. The van der Waals surface area contributed by atoms with E-state index in [4.69, 9.17) is 44.3 Å². The molecule has 0 unspecified atom stereocenters. The zero-order chi connectivity index (χ0) is 18.4. The van der Waals surface area contributed by atoms with E-state index < -0.39 is 12.3 Å². The van der Waals surface area contributed by atoms with Crippen LogP contribution in [0.25, 0.3) is 6.08 Å². The van der Waals surface area contributed by atoms with Crippen molar-refractivity contribution in [2.45, 2.75) is 19.2 Å². The average Bonchev–Trinajstić information content (AvgIpc) is 2.52. The Kier molecular flexibility index (Phi) is 4.84. The molecule has 132 valence electrons. The van der Waals surface area contributed by atoms with E-state index >= 15 is 0 Å². The van der Waals surface area contributed by atoms with E-state index in [0.29, 0.717) is 26.9 Å². The van der Waals surface area contributed by atoms with E-state index in [2.05, 4.69) is 0 Å². The van der Waals surface area contributed by atoms with Gasteiger partial charge in [-0.25, -0.2) is 0 Å².